The Bertz CT molecular complexity index is 566. The van der Waals surface area contributed by atoms with E-state index in [0.717, 1.165) is 16.7 Å². The summed E-state index contributed by atoms with van der Waals surface area (Å²) in [6, 6.07) is 17.6. The number of ether oxygens (including phenoxy) is 1. The van der Waals surface area contributed by atoms with Crippen LogP contribution in [0, 0.1) is 0 Å². The van der Waals surface area contributed by atoms with Crippen molar-refractivity contribution in [3.8, 4) is 11.1 Å². The highest BCUT2D eigenvalue weighted by molar-refractivity contribution is 5.76. The van der Waals surface area contributed by atoms with Crippen LogP contribution in [0.3, 0.4) is 0 Å². The minimum absolute atomic E-state index is 0.349. The number of nitrogens with two attached hydrogens (primary N) is 1. The van der Waals surface area contributed by atoms with Crippen LogP contribution in [-0.2, 0) is 16.0 Å². The van der Waals surface area contributed by atoms with Crippen LogP contribution in [0.15, 0.2) is 54.6 Å². The minimum atomic E-state index is -0.610. The van der Waals surface area contributed by atoms with Gasteiger partial charge in [0, 0.05) is 0 Å². The molecule has 0 fully saturated rings. The second-order valence-corrected chi connectivity index (χ2v) is 4.63. The zero-order valence-corrected chi connectivity index (χ0v) is 11.6. The molecule has 0 aliphatic rings. The standard InChI is InChI=1S/C17H19NO2/c1-2-20-17(19)16(18)12-13-7-6-10-15(11-13)14-8-4-3-5-9-14/h3-11,16H,2,12,18H2,1H3/t16-/m1/s1. The SMILES string of the molecule is CCOC(=O)[C@H](N)Cc1cccc(-c2ccccc2)c1. The van der Waals surface area contributed by atoms with E-state index in [1.54, 1.807) is 6.92 Å². The van der Waals surface area contributed by atoms with Gasteiger partial charge in [-0.25, -0.2) is 0 Å². The van der Waals surface area contributed by atoms with E-state index in [1.165, 1.54) is 0 Å². The molecule has 0 bridgehead atoms. The second-order valence-electron chi connectivity index (χ2n) is 4.63. The maximum absolute atomic E-state index is 11.6. The molecule has 0 aromatic heterocycles. The van der Waals surface area contributed by atoms with Gasteiger partial charge in [-0.05, 0) is 30.0 Å². The Hall–Kier alpha value is -2.13. The zero-order valence-electron chi connectivity index (χ0n) is 11.6. The summed E-state index contributed by atoms with van der Waals surface area (Å²) in [4.78, 5) is 11.6. The Morgan fingerprint density at radius 1 is 1.10 bits per heavy atom. The summed E-state index contributed by atoms with van der Waals surface area (Å²) in [5.74, 6) is -0.349. The third-order valence-electron chi connectivity index (χ3n) is 3.08. The van der Waals surface area contributed by atoms with Crippen LogP contribution in [-0.4, -0.2) is 18.6 Å². The van der Waals surface area contributed by atoms with Crippen molar-refractivity contribution in [2.75, 3.05) is 6.61 Å². The molecule has 0 saturated carbocycles. The smallest absolute Gasteiger partial charge is 0.323 e. The average Bonchev–Trinajstić information content (AvgIpc) is 2.48. The summed E-state index contributed by atoms with van der Waals surface area (Å²) < 4.78 is 4.93. The Morgan fingerprint density at radius 2 is 1.80 bits per heavy atom. The summed E-state index contributed by atoms with van der Waals surface area (Å²) in [5.41, 5.74) is 9.16. The molecule has 3 heteroatoms. The minimum Gasteiger partial charge on any atom is -0.465 e. The van der Waals surface area contributed by atoms with Gasteiger partial charge in [-0.3, -0.25) is 4.79 Å². The molecule has 20 heavy (non-hydrogen) atoms. The topological polar surface area (TPSA) is 52.3 Å². The summed E-state index contributed by atoms with van der Waals surface area (Å²) in [6.45, 7) is 2.14. The molecule has 0 spiro atoms. The van der Waals surface area contributed by atoms with Gasteiger partial charge in [0.05, 0.1) is 6.61 Å². The lowest BCUT2D eigenvalue weighted by atomic mass is 10.00. The van der Waals surface area contributed by atoms with Crippen molar-refractivity contribution in [3.05, 3.63) is 60.2 Å². The Balaban J connectivity index is 2.12. The largest absolute Gasteiger partial charge is 0.465 e. The van der Waals surface area contributed by atoms with E-state index in [2.05, 4.69) is 24.3 Å². The molecule has 2 N–H and O–H groups in total. The molecule has 0 aliphatic heterocycles. The predicted molar refractivity (Wildman–Crippen MR) is 80.2 cm³/mol. The van der Waals surface area contributed by atoms with Gasteiger partial charge in [-0.2, -0.15) is 0 Å². The van der Waals surface area contributed by atoms with E-state index in [-0.39, 0.29) is 5.97 Å². The first-order valence-corrected chi connectivity index (χ1v) is 6.77. The van der Waals surface area contributed by atoms with Crippen LogP contribution in [0.1, 0.15) is 12.5 Å². The van der Waals surface area contributed by atoms with Crippen molar-refractivity contribution in [1.29, 1.82) is 0 Å². The quantitative estimate of drug-likeness (QED) is 0.849. The summed E-state index contributed by atoms with van der Waals surface area (Å²) in [7, 11) is 0. The van der Waals surface area contributed by atoms with Gasteiger partial charge in [0.15, 0.2) is 0 Å². The number of hydrogen-bond acceptors (Lipinski definition) is 3. The van der Waals surface area contributed by atoms with Crippen molar-refractivity contribution in [3.63, 3.8) is 0 Å². The summed E-state index contributed by atoms with van der Waals surface area (Å²) >= 11 is 0. The number of carbonyl (C=O) groups is 1. The highest BCUT2D eigenvalue weighted by Crippen LogP contribution is 2.20. The van der Waals surface area contributed by atoms with Gasteiger partial charge in [0.2, 0.25) is 0 Å². The van der Waals surface area contributed by atoms with Gasteiger partial charge in [0.1, 0.15) is 6.04 Å². The fraction of sp³-hybridized carbons (Fsp3) is 0.235. The number of esters is 1. The number of benzene rings is 2. The van der Waals surface area contributed by atoms with Gasteiger partial charge in [-0.15, -0.1) is 0 Å². The first kappa shape index (κ1) is 14.3. The van der Waals surface area contributed by atoms with Gasteiger partial charge in [0.25, 0.3) is 0 Å². The van der Waals surface area contributed by atoms with Crippen LogP contribution in [0.5, 0.6) is 0 Å². The van der Waals surface area contributed by atoms with Crippen LogP contribution < -0.4 is 5.73 Å². The fourth-order valence-corrected chi connectivity index (χ4v) is 2.10. The molecule has 2 aromatic carbocycles. The maximum Gasteiger partial charge on any atom is 0.323 e. The lowest BCUT2D eigenvalue weighted by Gasteiger charge is -2.11. The van der Waals surface area contributed by atoms with E-state index in [9.17, 15) is 4.79 Å². The molecule has 2 aromatic rings. The highest BCUT2D eigenvalue weighted by Gasteiger charge is 2.15. The first-order chi connectivity index (χ1) is 9.70. The fourth-order valence-electron chi connectivity index (χ4n) is 2.10. The molecule has 2 rings (SSSR count). The molecular formula is C17H19NO2. The molecule has 0 heterocycles. The van der Waals surface area contributed by atoms with Crippen LogP contribution in [0.2, 0.25) is 0 Å². The zero-order chi connectivity index (χ0) is 14.4. The number of hydrogen-bond donors (Lipinski definition) is 1. The molecule has 3 nitrogen and oxygen atoms in total. The first-order valence-electron chi connectivity index (χ1n) is 6.77. The lowest BCUT2D eigenvalue weighted by Crippen LogP contribution is -2.34. The Kier molecular flexibility index (Phi) is 4.91. The molecule has 0 unspecified atom stereocenters. The van der Waals surface area contributed by atoms with Crippen LogP contribution in [0.4, 0.5) is 0 Å². The van der Waals surface area contributed by atoms with Crippen molar-refractivity contribution in [1.82, 2.24) is 0 Å². The summed E-state index contributed by atoms with van der Waals surface area (Å²) in [6.07, 6.45) is 0.486. The molecule has 0 radical (unpaired) electrons. The van der Waals surface area contributed by atoms with Gasteiger partial charge in [-0.1, -0.05) is 54.6 Å². The van der Waals surface area contributed by atoms with E-state index < -0.39 is 6.04 Å². The van der Waals surface area contributed by atoms with Gasteiger partial charge < -0.3 is 10.5 Å². The van der Waals surface area contributed by atoms with E-state index in [0.29, 0.717) is 13.0 Å². The number of carbonyl (C=O) groups excluding carboxylic acids is 1. The third kappa shape index (κ3) is 3.68. The monoisotopic (exact) mass is 269 g/mol. The molecule has 104 valence electrons. The molecular weight excluding hydrogens is 250 g/mol. The van der Waals surface area contributed by atoms with Crippen molar-refractivity contribution >= 4 is 5.97 Å². The molecule has 0 amide bonds. The van der Waals surface area contributed by atoms with E-state index in [4.69, 9.17) is 10.5 Å². The normalized spacial score (nSPS) is 11.9. The van der Waals surface area contributed by atoms with Gasteiger partial charge >= 0.3 is 5.97 Å². The molecule has 0 saturated heterocycles. The lowest BCUT2D eigenvalue weighted by molar-refractivity contribution is -0.144. The van der Waals surface area contributed by atoms with E-state index in [1.807, 2.05) is 30.3 Å². The molecule has 0 aliphatic carbocycles. The average molecular weight is 269 g/mol. The van der Waals surface area contributed by atoms with Crippen molar-refractivity contribution in [2.45, 2.75) is 19.4 Å². The Labute approximate surface area is 119 Å². The van der Waals surface area contributed by atoms with Crippen molar-refractivity contribution < 1.29 is 9.53 Å². The number of rotatable bonds is 5. The predicted octanol–water partition coefficient (Wildman–Crippen LogP) is 2.79. The van der Waals surface area contributed by atoms with Crippen LogP contribution in [0.25, 0.3) is 11.1 Å². The summed E-state index contributed by atoms with van der Waals surface area (Å²) in [5, 5.41) is 0. The Morgan fingerprint density at radius 3 is 2.50 bits per heavy atom. The van der Waals surface area contributed by atoms with Crippen LogP contribution >= 0.6 is 0 Å². The molecule has 1 atom stereocenters. The second kappa shape index (κ2) is 6.87. The maximum atomic E-state index is 11.6. The third-order valence-corrected chi connectivity index (χ3v) is 3.08. The van der Waals surface area contributed by atoms with Crippen molar-refractivity contribution in [2.24, 2.45) is 5.73 Å². The highest BCUT2D eigenvalue weighted by atomic mass is 16.5. The van der Waals surface area contributed by atoms with E-state index >= 15 is 0 Å².